The number of aromatic nitrogens is 2. The summed E-state index contributed by atoms with van der Waals surface area (Å²) >= 11 is 3.34. The fourth-order valence-corrected chi connectivity index (χ4v) is 1.93. The maximum Gasteiger partial charge on any atom is 0.427 e. The third-order valence-corrected chi connectivity index (χ3v) is 3.27. The van der Waals surface area contributed by atoms with Crippen LogP contribution in [0.4, 0.5) is 5.82 Å². The lowest BCUT2D eigenvalue weighted by Gasteiger charge is -2.08. The molecule has 1 heterocycles. The lowest BCUT2D eigenvalue weighted by atomic mass is 10.2. The zero-order valence-corrected chi connectivity index (χ0v) is 12.3. The van der Waals surface area contributed by atoms with Crippen molar-refractivity contribution in [3.63, 3.8) is 0 Å². The fourth-order valence-electron chi connectivity index (χ4n) is 1.59. The van der Waals surface area contributed by atoms with E-state index < -0.39 is 4.92 Å². The molecule has 0 aliphatic heterocycles. The topological polar surface area (TPSA) is 70.2 Å². The maximum absolute atomic E-state index is 11.0. The summed E-state index contributed by atoms with van der Waals surface area (Å²) in [5.41, 5.74) is 0.886. The Morgan fingerprint density at radius 2 is 2.11 bits per heavy atom. The summed E-state index contributed by atoms with van der Waals surface area (Å²) in [6.45, 7) is 3.56. The van der Waals surface area contributed by atoms with Crippen LogP contribution in [-0.2, 0) is 7.05 Å². The SMILES string of the molecule is Cc1ccc(Br)cc1Oc1c([N+](=O)[O-])nc(C)n1C. The number of benzene rings is 1. The molecule has 2 rings (SSSR count). The molecule has 0 unspecified atom stereocenters. The summed E-state index contributed by atoms with van der Waals surface area (Å²) in [5.74, 6) is 0.929. The molecule has 100 valence electrons. The van der Waals surface area contributed by atoms with Crippen LogP contribution in [0.5, 0.6) is 11.6 Å². The van der Waals surface area contributed by atoms with E-state index >= 15 is 0 Å². The Labute approximate surface area is 118 Å². The average molecular weight is 326 g/mol. The Morgan fingerprint density at radius 1 is 1.42 bits per heavy atom. The molecule has 1 aromatic carbocycles. The molecule has 0 spiro atoms. The molecule has 0 saturated carbocycles. The van der Waals surface area contributed by atoms with Crippen LogP contribution in [0.1, 0.15) is 11.4 Å². The smallest absolute Gasteiger partial charge is 0.427 e. The lowest BCUT2D eigenvalue weighted by molar-refractivity contribution is -0.390. The first-order valence-corrected chi connectivity index (χ1v) is 6.31. The summed E-state index contributed by atoms with van der Waals surface area (Å²) in [5, 5.41) is 11.0. The van der Waals surface area contributed by atoms with Gasteiger partial charge in [-0.05, 0) is 34.5 Å². The van der Waals surface area contributed by atoms with Crippen molar-refractivity contribution in [3.05, 3.63) is 44.2 Å². The molecule has 0 fully saturated rings. The van der Waals surface area contributed by atoms with Gasteiger partial charge in [-0.1, -0.05) is 22.0 Å². The van der Waals surface area contributed by atoms with Gasteiger partial charge in [0.15, 0.2) is 0 Å². The van der Waals surface area contributed by atoms with Crippen LogP contribution in [0.2, 0.25) is 0 Å². The molecule has 0 amide bonds. The van der Waals surface area contributed by atoms with E-state index in [0.717, 1.165) is 10.0 Å². The second-order valence-corrected chi connectivity index (χ2v) is 5.03. The van der Waals surface area contributed by atoms with Gasteiger partial charge in [0.05, 0.1) is 0 Å². The number of hydrogen-bond acceptors (Lipinski definition) is 4. The maximum atomic E-state index is 11.0. The molecule has 0 aliphatic carbocycles. The summed E-state index contributed by atoms with van der Waals surface area (Å²) in [6.07, 6.45) is 0. The normalized spacial score (nSPS) is 10.5. The van der Waals surface area contributed by atoms with Crippen molar-refractivity contribution in [2.45, 2.75) is 13.8 Å². The van der Waals surface area contributed by atoms with E-state index in [2.05, 4.69) is 20.9 Å². The summed E-state index contributed by atoms with van der Waals surface area (Å²) in [4.78, 5) is 14.3. The Hall–Kier alpha value is -1.89. The van der Waals surface area contributed by atoms with Crippen molar-refractivity contribution in [1.82, 2.24) is 9.55 Å². The van der Waals surface area contributed by atoms with Crippen molar-refractivity contribution >= 4 is 21.7 Å². The van der Waals surface area contributed by atoms with Gasteiger partial charge in [-0.15, -0.1) is 0 Å². The van der Waals surface area contributed by atoms with Gasteiger partial charge in [0.25, 0.3) is 0 Å². The van der Waals surface area contributed by atoms with Crippen LogP contribution in [0.25, 0.3) is 0 Å². The van der Waals surface area contributed by atoms with Crippen LogP contribution in [0.15, 0.2) is 22.7 Å². The Balaban J connectivity index is 2.48. The third kappa shape index (κ3) is 2.60. The molecule has 19 heavy (non-hydrogen) atoms. The molecule has 1 aromatic heterocycles. The van der Waals surface area contributed by atoms with Crippen molar-refractivity contribution in [3.8, 4) is 11.6 Å². The highest BCUT2D eigenvalue weighted by Gasteiger charge is 2.26. The van der Waals surface area contributed by atoms with E-state index in [9.17, 15) is 10.1 Å². The van der Waals surface area contributed by atoms with Gasteiger partial charge >= 0.3 is 11.7 Å². The number of nitrogens with zero attached hydrogens (tertiary/aromatic N) is 3. The zero-order valence-electron chi connectivity index (χ0n) is 10.7. The van der Waals surface area contributed by atoms with E-state index in [0.29, 0.717) is 11.6 Å². The zero-order chi connectivity index (χ0) is 14.2. The highest BCUT2D eigenvalue weighted by Crippen LogP contribution is 2.33. The van der Waals surface area contributed by atoms with Gasteiger partial charge in [-0.3, -0.25) is 4.57 Å². The monoisotopic (exact) mass is 325 g/mol. The number of nitro groups is 1. The highest BCUT2D eigenvalue weighted by atomic mass is 79.9. The second-order valence-electron chi connectivity index (χ2n) is 4.12. The Bertz CT molecular complexity index is 652. The van der Waals surface area contributed by atoms with Crippen molar-refractivity contribution in [2.75, 3.05) is 0 Å². The van der Waals surface area contributed by atoms with Gasteiger partial charge in [0.1, 0.15) is 5.75 Å². The number of halogens is 1. The minimum atomic E-state index is -0.546. The minimum absolute atomic E-state index is 0.128. The fraction of sp³-hybridized carbons (Fsp3) is 0.250. The Morgan fingerprint density at radius 3 is 2.74 bits per heavy atom. The van der Waals surface area contributed by atoms with E-state index in [4.69, 9.17) is 4.74 Å². The number of aryl methyl sites for hydroxylation is 2. The minimum Gasteiger partial charge on any atom is -0.433 e. The van der Waals surface area contributed by atoms with E-state index in [1.807, 2.05) is 19.1 Å². The molecular weight excluding hydrogens is 314 g/mol. The van der Waals surface area contributed by atoms with E-state index in [1.165, 1.54) is 0 Å². The summed E-state index contributed by atoms with van der Waals surface area (Å²) < 4.78 is 8.06. The first-order chi connectivity index (χ1) is 8.90. The molecule has 0 atom stereocenters. The van der Waals surface area contributed by atoms with Crippen molar-refractivity contribution in [1.29, 1.82) is 0 Å². The number of rotatable bonds is 3. The third-order valence-electron chi connectivity index (χ3n) is 2.78. The van der Waals surface area contributed by atoms with Gasteiger partial charge in [0, 0.05) is 18.4 Å². The Kier molecular flexibility index (Phi) is 3.57. The standard InChI is InChI=1S/C12H12BrN3O3/c1-7-4-5-9(13)6-10(7)19-12-11(16(17)18)14-8(2)15(12)3/h4-6H,1-3H3. The van der Waals surface area contributed by atoms with Crippen LogP contribution >= 0.6 is 15.9 Å². The molecule has 2 aromatic rings. The van der Waals surface area contributed by atoms with E-state index in [1.54, 1.807) is 24.6 Å². The van der Waals surface area contributed by atoms with Crippen LogP contribution in [-0.4, -0.2) is 14.5 Å². The number of ether oxygens (including phenoxy) is 1. The van der Waals surface area contributed by atoms with Gasteiger partial charge < -0.3 is 14.9 Å². The number of hydrogen-bond donors (Lipinski definition) is 0. The van der Waals surface area contributed by atoms with E-state index in [-0.39, 0.29) is 11.7 Å². The molecule has 0 bridgehead atoms. The molecule has 6 nitrogen and oxygen atoms in total. The van der Waals surface area contributed by atoms with Crippen molar-refractivity contribution < 1.29 is 9.66 Å². The predicted molar refractivity (Wildman–Crippen MR) is 73.6 cm³/mol. The predicted octanol–water partition coefficient (Wildman–Crippen LogP) is 3.50. The molecule has 0 saturated heterocycles. The summed E-state index contributed by atoms with van der Waals surface area (Å²) in [7, 11) is 1.68. The molecule has 0 N–H and O–H groups in total. The van der Waals surface area contributed by atoms with Crippen LogP contribution < -0.4 is 4.74 Å². The first-order valence-electron chi connectivity index (χ1n) is 5.52. The highest BCUT2D eigenvalue weighted by molar-refractivity contribution is 9.10. The molecule has 7 heteroatoms. The molecule has 0 aliphatic rings. The van der Waals surface area contributed by atoms with Crippen molar-refractivity contribution in [2.24, 2.45) is 7.05 Å². The van der Waals surface area contributed by atoms with Gasteiger partial charge in [-0.2, -0.15) is 0 Å². The van der Waals surface area contributed by atoms with Crippen LogP contribution in [0.3, 0.4) is 0 Å². The van der Waals surface area contributed by atoms with Crippen LogP contribution in [0, 0.1) is 24.0 Å². The largest absolute Gasteiger partial charge is 0.433 e. The quantitative estimate of drug-likeness (QED) is 0.639. The van der Waals surface area contributed by atoms with Gasteiger partial charge in [0.2, 0.25) is 5.82 Å². The average Bonchev–Trinajstić information content (AvgIpc) is 2.62. The summed E-state index contributed by atoms with van der Waals surface area (Å²) in [6, 6.07) is 5.51. The first kappa shape index (κ1) is 13.5. The lowest BCUT2D eigenvalue weighted by Crippen LogP contribution is -1.98. The molecular formula is C12H12BrN3O3. The second kappa shape index (κ2) is 5.00. The molecule has 0 radical (unpaired) electrons. The number of imidazole rings is 1. The van der Waals surface area contributed by atoms with Gasteiger partial charge in [-0.25, -0.2) is 0 Å².